The minimum atomic E-state index is 0.210. The number of aliphatic hydroxyl groups excluding tert-OH is 1. The average Bonchev–Trinajstić information content (AvgIpc) is 2.38. The van der Waals surface area contributed by atoms with E-state index in [9.17, 15) is 0 Å². The topological polar surface area (TPSA) is 96.1 Å². The van der Waals surface area contributed by atoms with Crippen LogP contribution in [0.25, 0.3) is 0 Å². The zero-order chi connectivity index (χ0) is 14.4. The van der Waals surface area contributed by atoms with Gasteiger partial charge >= 0.3 is 0 Å². The summed E-state index contributed by atoms with van der Waals surface area (Å²) in [5.74, 6) is 7.95. The van der Waals surface area contributed by atoms with Crippen LogP contribution in [-0.4, -0.2) is 27.7 Å². The predicted octanol–water partition coefficient (Wildman–Crippen LogP) is 1.77. The third-order valence-corrected chi connectivity index (χ3v) is 2.99. The molecule has 0 aliphatic heterocycles. The number of nitrogen functional groups attached to an aromatic ring is 1. The molecule has 6 heteroatoms. The Hall–Kier alpha value is -1.40. The van der Waals surface area contributed by atoms with Crippen molar-refractivity contribution in [2.75, 3.05) is 17.3 Å². The van der Waals surface area contributed by atoms with Gasteiger partial charge in [0.15, 0.2) is 0 Å². The number of aromatic nitrogens is 2. The lowest BCUT2D eigenvalue weighted by Gasteiger charge is -2.18. The van der Waals surface area contributed by atoms with Crippen LogP contribution < -0.4 is 16.6 Å². The van der Waals surface area contributed by atoms with Crippen molar-refractivity contribution in [3.63, 3.8) is 0 Å². The average molecular weight is 267 g/mol. The minimum absolute atomic E-state index is 0.210. The van der Waals surface area contributed by atoms with E-state index in [2.05, 4.69) is 27.6 Å². The normalized spacial score (nSPS) is 12.6. The van der Waals surface area contributed by atoms with Crippen molar-refractivity contribution < 1.29 is 5.11 Å². The Balaban J connectivity index is 2.94. The molecule has 0 aromatic carbocycles. The highest BCUT2D eigenvalue weighted by Crippen LogP contribution is 2.23. The van der Waals surface area contributed by atoms with Gasteiger partial charge < -0.3 is 15.8 Å². The van der Waals surface area contributed by atoms with E-state index >= 15 is 0 Å². The van der Waals surface area contributed by atoms with Crippen LogP contribution in [0.3, 0.4) is 0 Å². The second-order valence-electron chi connectivity index (χ2n) is 5.11. The number of rotatable bonds is 7. The van der Waals surface area contributed by atoms with E-state index in [4.69, 9.17) is 10.9 Å². The fourth-order valence-electron chi connectivity index (χ4n) is 1.78. The van der Waals surface area contributed by atoms with Crippen molar-refractivity contribution >= 4 is 11.6 Å². The van der Waals surface area contributed by atoms with Gasteiger partial charge in [0.2, 0.25) is 0 Å². The van der Waals surface area contributed by atoms with Crippen LogP contribution in [0.4, 0.5) is 11.6 Å². The van der Waals surface area contributed by atoms with Crippen molar-refractivity contribution in [3.05, 3.63) is 11.4 Å². The van der Waals surface area contributed by atoms with Crippen LogP contribution in [0.5, 0.6) is 0 Å². The van der Waals surface area contributed by atoms with Crippen molar-refractivity contribution in [1.82, 2.24) is 9.97 Å². The smallest absolute Gasteiger partial charge is 0.148 e. The molecule has 0 fully saturated rings. The maximum absolute atomic E-state index is 8.85. The molecule has 0 radical (unpaired) electrons. The monoisotopic (exact) mass is 267 g/mol. The van der Waals surface area contributed by atoms with Gasteiger partial charge in [-0.1, -0.05) is 13.8 Å². The Morgan fingerprint density at radius 3 is 2.37 bits per heavy atom. The summed E-state index contributed by atoms with van der Waals surface area (Å²) in [7, 11) is 0. The summed E-state index contributed by atoms with van der Waals surface area (Å²) >= 11 is 0. The van der Waals surface area contributed by atoms with Gasteiger partial charge in [-0.2, -0.15) is 0 Å². The lowest BCUT2D eigenvalue weighted by Crippen LogP contribution is -2.20. The minimum Gasteiger partial charge on any atom is -0.396 e. The van der Waals surface area contributed by atoms with Crippen LogP contribution in [0.15, 0.2) is 0 Å². The first-order valence-corrected chi connectivity index (χ1v) is 6.72. The molecule has 1 aromatic rings. The summed E-state index contributed by atoms with van der Waals surface area (Å²) in [5.41, 5.74) is 3.52. The quantitative estimate of drug-likeness (QED) is 0.444. The summed E-state index contributed by atoms with van der Waals surface area (Å²) < 4.78 is 0. The first-order valence-electron chi connectivity index (χ1n) is 6.72. The lowest BCUT2D eigenvalue weighted by atomic mass is 10.1. The van der Waals surface area contributed by atoms with Gasteiger partial charge in [0, 0.05) is 24.1 Å². The van der Waals surface area contributed by atoms with Crippen LogP contribution in [0, 0.1) is 6.92 Å². The molecule has 5 N–H and O–H groups in total. The maximum atomic E-state index is 8.85. The Kier molecular flexibility index (Phi) is 5.98. The highest BCUT2D eigenvalue weighted by molar-refractivity contribution is 5.57. The van der Waals surface area contributed by atoms with Gasteiger partial charge in [-0.3, -0.25) is 0 Å². The number of hydrogen-bond acceptors (Lipinski definition) is 6. The Morgan fingerprint density at radius 1 is 1.21 bits per heavy atom. The Morgan fingerprint density at radius 2 is 1.84 bits per heavy atom. The Labute approximate surface area is 114 Å². The molecule has 6 nitrogen and oxygen atoms in total. The van der Waals surface area contributed by atoms with Crippen molar-refractivity contribution in [1.29, 1.82) is 0 Å². The van der Waals surface area contributed by atoms with Crippen molar-refractivity contribution in [3.8, 4) is 0 Å². The van der Waals surface area contributed by atoms with Crippen molar-refractivity contribution in [2.45, 2.75) is 52.5 Å². The third-order valence-electron chi connectivity index (χ3n) is 2.99. The highest BCUT2D eigenvalue weighted by atomic mass is 16.2. The van der Waals surface area contributed by atoms with E-state index in [-0.39, 0.29) is 18.6 Å². The molecule has 1 aromatic heterocycles. The third kappa shape index (κ3) is 4.33. The fraction of sp³-hybridized carbons (Fsp3) is 0.692. The van der Waals surface area contributed by atoms with Gasteiger partial charge in [-0.05, 0) is 26.7 Å². The van der Waals surface area contributed by atoms with Gasteiger partial charge in [0.05, 0.1) is 0 Å². The van der Waals surface area contributed by atoms with Gasteiger partial charge in [-0.15, -0.1) is 0 Å². The number of hydrazine groups is 1. The number of nitrogens with zero attached hydrogens (tertiary/aromatic N) is 2. The summed E-state index contributed by atoms with van der Waals surface area (Å²) in [4.78, 5) is 8.94. The van der Waals surface area contributed by atoms with E-state index in [1.807, 2.05) is 20.8 Å². The van der Waals surface area contributed by atoms with Gasteiger partial charge in [0.1, 0.15) is 17.5 Å². The summed E-state index contributed by atoms with van der Waals surface area (Å²) in [6, 6.07) is 0.242. The maximum Gasteiger partial charge on any atom is 0.148 e. The first-order chi connectivity index (χ1) is 8.99. The molecule has 1 rings (SSSR count). The molecular weight excluding hydrogens is 242 g/mol. The second kappa shape index (κ2) is 7.25. The van der Waals surface area contributed by atoms with Crippen LogP contribution >= 0.6 is 0 Å². The van der Waals surface area contributed by atoms with Gasteiger partial charge in [-0.25, -0.2) is 15.8 Å². The standard InChI is InChI=1S/C13H25N5O/c1-8(2)11-16-12(10(4)13(17-11)18-14)15-9(3)6-5-7-19/h8-9,19H,5-7,14H2,1-4H3,(H2,15,16,17,18). The zero-order valence-corrected chi connectivity index (χ0v) is 12.2. The fourth-order valence-corrected chi connectivity index (χ4v) is 1.78. The molecular formula is C13H25N5O. The molecule has 19 heavy (non-hydrogen) atoms. The largest absolute Gasteiger partial charge is 0.396 e. The predicted molar refractivity (Wildman–Crippen MR) is 78.1 cm³/mol. The zero-order valence-electron chi connectivity index (χ0n) is 12.2. The molecule has 1 unspecified atom stereocenters. The molecule has 0 bridgehead atoms. The van der Waals surface area contributed by atoms with Crippen LogP contribution in [0.1, 0.15) is 50.9 Å². The number of anilines is 2. The van der Waals surface area contributed by atoms with Crippen LogP contribution in [-0.2, 0) is 0 Å². The summed E-state index contributed by atoms with van der Waals surface area (Å²) in [6.07, 6.45) is 1.67. The van der Waals surface area contributed by atoms with E-state index < -0.39 is 0 Å². The van der Waals surface area contributed by atoms with Crippen molar-refractivity contribution in [2.24, 2.45) is 5.84 Å². The highest BCUT2D eigenvalue weighted by Gasteiger charge is 2.14. The number of nitrogens with one attached hydrogen (secondary N) is 2. The number of aliphatic hydroxyl groups is 1. The van der Waals surface area contributed by atoms with E-state index in [1.165, 1.54) is 0 Å². The molecule has 0 aliphatic carbocycles. The molecule has 0 spiro atoms. The van der Waals surface area contributed by atoms with Crippen LogP contribution in [0.2, 0.25) is 0 Å². The number of hydrogen-bond donors (Lipinski definition) is 4. The SMILES string of the molecule is Cc1c(NN)nc(C(C)C)nc1NC(C)CCCO. The molecule has 1 heterocycles. The molecule has 108 valence electrons. The molecule has 0 aliphatic rings. The molecule has 0 amide bonds. The molecule has 1 atom stereocenters. The Bertz CT molecular complexity index is 408. The lowest BCUT2D eigenvalue weighted by molar-refractivity contribution is 0.282. The first kappa shape index (κ1) is 15.7. The van der Waals surface area contributed by atoms with Gasteiger partial charge in [0.25, 0.3) is 0 Å². The van der Waals surface area contributed by atoms with E-state index in [0.717, 1.165) is 30.0 Å². The molecule has 0 saturated heterocycles. The summed E-state index contributed by atoms with van der Waals surface area (Å²) in [6.45, 7) is 8.30. The van der Waals surface area contributed by atoms with E-state index in [1.54, 1.807) is 0 Å². The summed E-state index contributed by atoms with van der Waals surface area (Å²) in [5, 5.41) is 12.2. The second-order valence-corrected chi connectivity index (χ2v) is 5.11. The van der Waals surface area contributed by atoms with E-state index in [0.29, 0.717) is 5.82 Å². The number of nitrogens with two attached hydrogens (primary N) is 1. The molecule has 0 saturated carbocycles.